The second-order valence-electron chi connectivity index (χ2n) is 18.0. The number of hydrogen-bond donors (Lipinski definition) is 2. The van der Waals surface area contributed by atoms with Gasteiger partial charge in [-0.2, -0.15) is 0 Å². The first-order valence-electron chi connectivity index (χ1n) is 23.9. The smallest absolute Gasteiger partial charge is 0.222 e. The average molecular weight is 901 g/mol. The first kappa shape index (κ1) is 46.9. The van der Waals surface area contributed by atoms with E-state index in [2.05, 4.69) is 174 Å². The zero-order chi connectivity index (χ0) is 46.4. The number of ether oxygens (including phenoxy) is 2. The summed E-state index contributed by atoms with van der Waals surface area (Å²) in [7, 11) is -0.0699. The zero-order valence-electron chi connectivity index (χ0n) is 40.2. The molecule has 2 aliphatic rings. The molecule has 0 unspecified atom stereocenters. The van der Waals surface area contributed by atoms with Crippen LogP contribution in [0.2, 0.25) is 0 Å². The number of H-pyrrole nitrogens is 2. The Morgan fingerprint density at radius 2 is 1.20 bits per heavy atom. The topological polar surface area (TPSA) is 96.1 Å². The third-order valence-electron chi connectivity index (χ3n) is 14.1. The molecule has 8 nitrogen and oxygen atoms in total. The summed E-state index contributed by atoms with van der Waals surface area (Å²) in [6, 6.07) is 39.4. The Morgan fingerprint density at radius 3 is 1.76 bits per heavy atom. The molecule has 0 aliphatic carbocycles. The second-order valence-corrected chi connectivity index (χ2v) is 21.6. The van der Waals surface area contributed by atoms with Crippen molar-refractivity contribution in [2.75, 3.05) is 46.2 Å². The summed E-state index contributed by atoms with van der Waals surface area (Å²) >= 11 is 0. The maximum absolute atomic E-state index is 13.7. The molecule has 0 radical (unpaired) electrons. The SMILES string of the molecule is CCc1c(C)c2cc3[nH]c(cc4nc(c(C)c5nc(cc1[nH]2)C(C)=C5)[C@@H](CCC(=O)N(C)CCOCCOCC[P+](c1ccccc1)(c1ccccc1)c1ccccc1)[C@@H]4C)c(C)c3CC. The molecule has 342 valence electrons. The van der Waals surface area contributed by atoms with E-state index in [-0.39, 0.29) is 17.7 Å². The van der Waals surface area contributed by atoms with Crippen LogP contribution >= 0.6 is 7.26 Å². The number of aromatic amines is 2. The first-order chi connectivity index (χ1) is 32.0. The Kier molecular flexibility index (Phi) is 14.8. The largest absolute Gasteiger partial charge is 0.377 e. The summed E-state index contributed by atoms with van der Waals surface area (Å²) in [6.07, 6.45) is 6.04. The molecular weight excluding hydrogens is 834 g/mol. The van der Waals surface area contributed by atoms with Crippen LogP contribution < -0.4 is 15.9 Å². The summed E-state index contributed by atoms with van der Waals surface area (Å²) < 4.78 is 12.3. The second kappa shape index (κ2) is 20.9. The lowest BCUT2D eigenvalue weighted by atomic mass is 9.85. The molecule has 6 aromatic rings. The molecule has 3 aromatic heterocycles. The fourth-order valence-electron chi connectivity index (χ4n) is 10.1. The van der Waals surface area contributed by atoms with Gasteiger partial charge in [0.25, 0.3) is 0 Å². The predicted octanol–water partition coefficient (Wildman–Crippen LogP) is 11.1. The lowest BCUT2D eigenvalue weighted by Gasteiger charge is -2.27. The predicted molar refractivity (Wildman–Crippen MR) is 277 cm³/mol. The third kappa shape index (κ3) is 9.60. The van der Waals surface area contributed by atoms with Crippen LogP contribution in [0.25, 0.3) is 33.7 Å². The number of nitrogens with one attached hydrogen (secondary N) is 2. The van der Waals surface area contributed by atoms with Gasteiger partial charge < -0.3 is 24.3 Å². The number of nitrogens with zero attached hydrogens (tertiary/aromatic N) is 3. The number of amides is 1. The molecule has 5 heterocycles. The van der Waals surface area contributed by atoms with Crippen LogP contribution in [0.5, 0.6) is 0 Å². The number of hydrogen-bond acceptors (Lipinski definition) is 5. The van der Waals surface area contributed by atoms with Crippen molar-refractivity contribution in [2.45, 2.75) is 86.0 Å². The van der Waals surface area contributed by atoms with Gasteiger partial charge >= 0.3 is 0 Å². The molecule has 8 rings (SSSR count). The number of allylic oxidation sites excluding steroid dienone is 1. The van der Waals surface area contributed by atoms with Crippen molar-refractivity contribution in [1.29, 1.82) is 0 Å². The Balaban J connectivity index is 0.926. The van der Waals surface area contributed by atoms with Gasteiger partial charge in [-0.15, -0.1) is 0 Å². The highest BCUT2D eigenvalue weighted by Crippen LogP contribution is 2.55. The van der Waals surface area contributed by atoms with E-state index in [1.165, 1.54) is 38.2 Å². The van der Waals surface area contributed by atoms with E-state index in [0.29, 0.717) is 45.8 Å². The van der Waals surface area contributed by atoms with E-state index in [0.717, 1.165) is 75.0 Å². The molecule has 2 aliphatic heterocycles. The summed E-state index contributed by atoms with van der Waals surface area (Å²) in [6.45, 7) is 18.0. The lowest BCUT2D eigenvalue weighted by molar-refractivity contribution is -0.130. The Hall–Kier alpha value is -5.66. The quantitative estimate of drug-likeness (QED) is 0.0702. The van der Waals surface area contributed by atoms with Gasteiger partial charge in [-0.25, -0.2) is 4.98 Å². The average Bonchev–Trinajstić information content (AvgIpc) is 4.05. The minimum Gasteiger partial charge on any atom is -0.377 e. The van der Waals surface area contributed by atoms with E-state index in [1.54, 1.807) is 4.90 Å². The fourth-order valence-corrected chi connectivity index (χ4v) is 14.2. The van der Waals surface area contributed by atoms with Crippen molar-refractivity contribution in [3.63, 3.8) is 0 Å². The van der Waals surface area contributed by atoms with Crippen molar-refractivity contribution >= 4 is 62.8 Å². The molecule has 3 aromatic carbocycles. The van der Waals surface area contributed by atoms with Gasteiger partial charge in [0.2, 0.25) is 5.91 Å². The van der Waals surface area contributed by atoms with Gasteiger partial charge in [-0.1, -0.05) is 75.4 Å². The molecule has 9 heteroatoms. The number of benzene rings is 3. The Labute approximate surface area is 392 Å². The Bertz CT molecular complexity index is 2750. The molecule has 8 bridgehead atoms. The number of aryl methyl sites for hydroxylation is 4. The van der Waals surface area contributed by atoms with Gasteiger partial charge in [-0.3, -0.25) is 9.78 Å². The van der Waals surface area contributed by atoms with Crippen LogP contribution in [-0.2, 0) is 27.1 Å². The van der Waals surface area contributed by atoms with Crippen molar-refractivity contribution < 1.29 is 14.3 Å². The molecule has 66 heavy (non-hydrogen) atoms. The highest BCUT2D eigenvalue weighted by atomic mass is 31.2. The van der Waals surface area contributed by atoms with E-state index < -0.39 is 7.26 Å². The summed E-state index contributed by atoms with van der Waals surface area (Å²) in [5.74, 6) is 0.299. The monoisotopic (exact) mass is 900 g/mol. The van der Waals surface area contributed by atoms with Crippen LogP contribution in [0.15, 0.2) is 109 Å². The number of fused-ring (bicyclic) bond motifs is 8. The van der Waals surface area contributed by atoms with Crippen molar-refractivity contribution in [1.82, 2.24) is 24.8 Å². The fraction of sp³-hybridized carbons (Fsp3) is 0.351. The zero-order valence-corrected chi connectivity index (χ0v) is 41.1. The van der Waals surface area contributed by atoms with Gasteiger partial charge in [0.1, 0.15) is 23.2 Å². The molecule has 2 atom stereocenters. The maximum Gasteiger partial charge on any atom is 0.222 e. The van der Waals surface area contributed by atoms with Crippen LogP contribution in [0, 0.1) is 20.8 Å². The first-order valence-corrected chi connectivity index (χ1v) is 25.9. The van der Waals surface area contributed by atoms with Crippen LogP contribution in [0.1, 0.15) is 103 Å². The van der Waals surface area contributed by atoms with Gasteiger partial charge in [-0.05, 0) is 141 Å². The lowest BCUT2D eigenvalue weighted by Crippen LogP contribution is -2.34. The van der Waals surface area contributed by atoms with Gasteiger partial charge in [0.15, 0.2) is 0 Å². The highest BCUT2D eigenvalue weighted by Gasteiger charge is 2.45. The van der Waals surface area contributed by atoms with Crippen molar-refractivity contribution in [2.24, 2.45) is 0 Å². The molecule has 0 fully saturated rings. The number of carbonyl (C=O) groups excluding carboxylic acids is 1. The van der Waals surface area contributed by atoms with E-state index in [4.69, 9.17) is 19.4 Å². The van der Waals surface area contributed by atoms with E-state index >= 15 is 0 Å². The van der Waals surface area contributed by atoms with Crippen LogP contribution in [-0.4, -0.2) is 76.9 Å². The van der Waals surface area contributed by atoms with Gasteiger partial charge in [0.05, 0.1) is 44.0 Å². The maximum atomic E-state index is 13.7. The van der Waals surface area contributed by atoms with Crippen molar-refractivity contribution in [3.05, 3.63) is 160 Å². The molecule has 1 amide bonds. The number of rotatable bonds is 17. The molecule has 0 saturated carbocycles. The molecule has 0 spiro atoms. The van der Waals surface area contributed by atoms with Gasteiger partial charge in [0, 0.05) is 65.3 Å². The minimum atomic E-state index is -1.95. The molecule has 0 saturated heterocycles. The summed E-state index contributed by atoms with van der Waals surface area (Å²) in [4.78, 5) is 33.7. The summed E-state index contributed by atoms with van der Waals surface area (Å²) in [5, 5.41) is 4.06. The normalized spacial score (nSPS) is 14.9. The minimum absolute atomic E-state index is 0.0702. The number of carbonyl (C=O) groups is 1. The molecular formula is C57H67N5O3P+. The van der Waals surface area contributed by atoms with Crippen LogP contribution in [0.3, 0.4) is 0 Å². The van der Waals surface area contributed by atoms with E-state index in [9.17, 15) is 4.79 Å². The van der Waals surface area contributed by atoms with E-state index in [1.807, 2.05) is 7.05 Å². The molecule has 2 N–H and O–H groups in total. The number of aromatic nitrogens is 4. The summed E-state index contributed by atoms with van der Waals surface area (Å²) in [5.41, 5.74) is 15.8. The van der Waals surface area contributed by atoms with Crippen molar-refractivity contribution in [3.8, 4) is 0 Å². The third-order valence-corrected chi connectivity index (χ3v) is 18.5. The Morgan fingerprint density at radius 1 is 0.667 bits per heavy atom. The number of likely N-dealkylation sites (N-methyl/N-ethyl adjacent to an activating group) is 1. The standard InChI is InChI=1S/C57H67N5O3P/c1-9-46-40(5)52-37-55-47(10-2)39(4)51(59-55)36-53-41(6)48(57(61-53)42(7)50-34-38(3)49(58-50)35-54(46)60-52)26-27-56(63)62(8)28-29-64-30-31-65-32-33-66(43-20-14-11-15-21-43,44-22-16-12-17-23-44)45-24-18-13-19-25-45/h11-25,34-37,41,48,59-60H,9-10,26-33H2,1-8H3/q+1/t41-,48-/m0/s1. The van der Waals surface area contributed by atoms with Crippen LogP contribution in [0.4, 0.5) is 0 Å². The highest BCUT2D eigenvalue weighted by molar-refractivity contribution is 7.95.